The van der Waals surface area contributed by atoms with E-state index in [1.54, 1.807) is 18.3 Å². The second kappa shape index (κ2) is 6.33. The van der Waals surface area contributed by atoms with Crippen LogP contribution >= 0.6 is 0 Å². The zero-order valence-corrected chi connectivity index (χ0v) is 11.8. The number of benzene rings is 1. The summed E-state index contributed by atoms with van der Waals surface area (Å²) in [5.74, 6) is -0.216. The van der Waals surface area contributed by atoms with E-state index in [0.717, 1.165) is 37.1 Å². The zero-order chi connectivity index (χ0) is 14.7. The highest BCUT2D eigenvalue weighted by atomic mass is 19.1. The van der Waals surface area contributed by atoms with Crippen molar-refractivity contribution in [2.24, 2.45) is 0 Å². The molecule has 2 heterocycles. The van der Waals surface area contributed by atoms with E-state index in [1.807, 2.05) is 18.3 Å². The lowest BCUT2D eigenvalue weighted by molar-refractivity contribution is 0.112. The van der Waals surface area contributed by atoms with Crippen LogP contribution in [0.4, 0.5) is 4.39 Å². The Kier molecular flexibility index (Phi) is 4.27. The Labute approximate surface area is 124 Å². The van der Waals surface area contributed by atoms with E-state index in [1.165, 1.54) is 12.1 Å². The molecule has 110 valence electrons. The van der Waals surface area contributed by atoms with Gasteiger partial charge in [0.05, 0.1) is 6.10 Å². The average molecular weight is 286 g/mol. The third-order valence-corrected chi connectivity index (χ3v) is 4.09. The summed E-state index contributed by atoms with van der Waals surface area (Å²) in [4.78, 5) is 6.40. The van der Waals surface area contributed by atoms with E-state index >= 15 is 0 Å². The number of aromatic nitrogens is 1. The molecule has 0 radical (unpaired) electrons. The monoisotopic (exact) mass is 286 g/mol. The van der Waals surface area contributed by atoms with Crippen molar-refractivity contribution >= 4 is 0 Å². The maximum atomic E-state index is 13.0. The maximum absolute atomic E-state index is 13.0. The summed E-state index contributed by atoms with van der Waals surface area (Å²) in [7, 11) is 0. The van der Waals surface area contributed by atoms with Crippen LogP contribution in [0.25, 0.3) is 0 Å². The van der Waals surface area contributed by atoms with Gasteiger partial charge < -0.3 is 5.11 Å². The van der Waals surface area contributed by atoms with Crippen LogP contribution in [0, 0.1) is 5.82 Å². The van der Waals surface area contributed by atoms with Crippen LogP contribution in [-0.2, 0) is 13.0 Å². The van der Waals surface area contributed by atoms with E-state index in [0.29, 0.717) is 0 Å². The van der Waals surface area contributed by atoms with Crippen LogP contribution < -0.4 is 0 Å². The first kappa shape index (κ1) is 14.2. The van der Waals surface area contributed by atoms with Crippen molar-refractivity contribution in [2.45, 2.75) is 31.5 Å². The summed E-state index contributed by atoms with van der Waals surface area (Å²) in [6.45, 7) is 1.60. The van der Waals surface area contributed by atoms with Gasteiger partial charge in [-0.2, -0.15) is 0 Å². The highest BCUT2D eigenvalue weighted by Gasteiger charge is 2.32. The number of rotatable bonds is 4. The van der Waals surface area contributed by atoms with Crippen molar-refractivity contribution in [2.75, 3.05) is 6.54 Å². The SMILES string of the molecule is O[C@@H]1CCN(Cc2ccc(F)cc2)[C@@H]1Cc1cccnc1. The van der Waals surface area contributed by atoms with E-state index in [-0.39, 0.29) is 18.0 Å². The summed E-state index contributed by atoms with van der Waals surface area (Å²) in [6.07, 6.45) is 4.86. The van der Waals surface area contributed by atoms with E-state index < -0.39 is 0 Å². The van der Waals surface area contributed by atoms with Crippen molar-refractivity contribution in [3.8, 4) is 0 Å². The van der Waals surface area contributed by atoms with Crippen molar-refractivity contribution in [3.05, 3.63) is 65.7 Å². The Hall–Kier alpha value is -1.78. The number of hydrogen-bond donors (Lipinski definition) is 1. The third kappa shape index (κ3) is 3.46. The highest BCUT2D eigenvalue weighted by Crippen LogP contribution is 2.23. The van der Waals surface area contributed by atoms with Gasteiger partial charge in [-0.1, -0.05) is 18.2 Å². The Balaban J connectivity index is 1.70. The molecule has 1 fully saturated rings. The van der Waals surface area contributed by atoms with Crippen LogP contribution in [0.5, 0.6) is 0 Å². The summed E-state index contributed by atoms with van der Waals surface area (Å²) < 4.78 is 13.0. The van der Waals surface area contributed by atoms with Crippen molar-refractivity contribution in [1.82, 2.24) is 9.88 Å². The minimum Gasteiger partial charge on any atom is -0.391 e. The highest BCUT2D eigenvalue weighted by molar-refractivity contribution is 5.17. The van der Waals surface area contributed by atoms with Gasteiger partial charge in [-0.3, -0.25) is 9.88 Å². The quantitative estimate of drug-likeness (QED) is 0.937. The van der Waals surface area contributed by atoms with Gasteiger partial charge in [0.1, 0.15) is 5.82 Å². The average Bonchev–Trinajstić information content (AvgIpc) is 2.84. The number of likely N-dealkylation sites (tertiary alicyclic amines) is 1. The maximum Gasteiger partial charge on any atom is 0.123 e. The predicted octanol–water partition coefficient (Wildman–Crippen LogP) is 2.40. The fourth-order valence-corrected chi connectivity index (χ4v) is 2.95. The molecule has 2 aromatic rings. The first-order valence-electron chi connectivity index (χ1n) is 7.28. The normalized spacial score (nSPS) is 22.6. The minimum atomic E-state index is -0.314. The first-order valence-corrected chi connectivity index (χ1v) is 7.28. The van der Waals surface area contributed by atoms with Gasteiger partial charge in [-0.05, 0) is 42.2 Å². The van der Waals surface area contributed by atoms with Gasteiger partial charge in [0, 0.05) is 31.5 Å². The number of aliphatic hydroxyl groups is 1. The Morgan fingerprint density at radius 2 is 2.00 bits per heavy atom. The second-order valence-corrected chi connectivity index (χ2v) is 5.59. The van der Waals surface area contributed by atoms with Crippen LogP contribution in [0.15, 0.2) is 48.8 Å². The second-order valence-electron chi connectivity index (χ2n) is 5.59. The number of aliphatic hydroxyl groups excluding tert-OH is 1. The number of hydrogen-bond acceptors (Lipinski definition) is 3. The number of nitrogens with zero attached hydrogens (tertiary/aromatic N) is 2. The fourth-order valence-electron chi connectivity index (χ4n) is 2.95. The molecule has 1 saturated heterocycles. The van der Waals surface area contributed by atoms with E-state index in [2.05, 4.69) is 9.88 Å². The molecule has 1 aromatic carbocycles. The third-order valence-electron chi connectivity index (χ3n) is 4.09. The summed E-state index contributed by atoms with van der Waals surface area (Å²) >= 11 is 0. The summed E-state index contributed by atoms with van der Waals surface area (Å²) in [5.41, 5.74) is 2.20. The lowest BCUT2D eigenvalue weighted by Crippen LogP contribution is -2.36. The molecule has 1 aromatic heterocycles. The van der Waals surface area contributed by atoms with Crippen LogP contribution in [0.3, 0.4) is 0 Å². The Morgan fingerprint density at radius 1 is 1.19 bits per heavy atom. The van der Waals surface area contributed by atoms with E-state index in [9.17, 15) is 9.50 Å². The molecule has 1 aliphatic heterocycles. The lowest BCUT2D eigenvalue weighted by Gasteiger charge is -2.26. The lowest BCUT2D eigenvalue weighted by atomic mass is 10.0. The van der Waals surface area contributed by atoms with Crippen LogP contribution in [0.2, 0.25) is 0 Å². The molecule has 0 spiro atoms. The summed E-state index contributed by atoms with van der Waals surface area (Å²) in [5, 5.41) is 10.2. The van der Waals surface area contributed by atoms with Gasteiger partial charge in [-0.15, -0.1) is 0 Å². The molecule has 0 saturated carbocycles. The van der Waals surface area contributed by atoms with Gasteiger partial charge in [-0.25, -0.2) is 4.39 Å². The molecule has 4 heteroatoms. The van der Waals surface area contributed by atoms with Gasteiger partial charge in [0.2, 0.25) is 0 Å². The van der Waals surface area contributed by atoms with Crippen LogP contribution in [0.1, 0.15) is 17.5 Å². The van der Waals surface area contributed by atoms with Crippen molar-refractivity contribution in [1.29, 1.82) is 0 Å². The van der Waals surface area contributed by atoms with Gasteiger partial charge in [0.25, 0.3) is 0 Å². The fraction of sp³-hybridized carbons (Fsp3) is 0.353. The zero-order valence-electron chi connectivity index (χ0n) is 11.8. The largest absolute Gasteiger partial charge is 0.391 e. The Morgan fingerprint density at radius 3 is 2.71 bits per heavy atom. The van der Waals surface area contributed by atoms with E-state index in [4.69, 9.17) is 0 Å². The van der Waals surface area contributed by atoms with Crippen LogP contribution in [-0.4, -0.2) is 33.7 Å². The molecule has 21 heavy (non-hydrogen) atoms. The molecule has 3 rings (SSSR count). The molecule has 1 aliphatic rings. The summed E-state index contributed by atoms with van der Waals surface area (Å²) in [6, 6.07) is 10.6. The predicted molar refractivity (Wildman–Crippen MR) is 79.2 cm³/mol. The topological polar surface area (TPSA) is 36.4 Å². The molecule has 3 nitrogen and oxygen atoms in total. The smallest absolute Gasteiger partial charge is 0.123 e. The molecule has 0 aliphatic carbocycles. The van der Waals surface area contributed by atoms with Gasteiger partial charge in [0.15, 0.2) is 0 Å². The molecule has 0 unspecified atom stereocenters. The van der Waals surface area contributed by atoms with Crippen molar-refractivity contribution in [3.63, 3.8) is 0 Å². The van der Waals surface area contributed by atoms with Gasteiger partial charge >= 0.3 is 0 Å². The standard InChI is InChI=1S/C17H19FN2O/c18-15-5-3-13(4-6-15)12-20-9-7-17(21)16(20)10-14-2-1-8-19-11-14/h1-6,8,11,16-17,21H,7,9-10,12H2/t16-,17-/m1/s1. The molecule has 0 amide bonds. The molecular weight excluding hydrogens is 267 g/mol. The molecule has 1 N–H and O–H groups in total. The number of pyridine rings is 1. The Bertz CT molecular complexity index is 573. The van der Waals surface area contributed by atoms with Crippen molar-refractivity contribution < 1.29 is 9.50 Å². The molecule has 2 atom stereocenters. The first-order chi connectivity index (χ1) is 10.2. The number of halogens is 1. The minimum absolute atomic E-state index is 0.0965. The molecule has 0 bridgehead atoms. The molecular formula is C17H19FN2O.